The maximum Gasteiger partial charge on any atom is 0.411 e. The third-order valence-electron chi connectivity index (χ3n) is 4.49. The summed E-state index contributed by atoms with van der Waals surface area (Å²) >= 11 is 0. The van der Waals surface area contributed by atoms with Gasteiger partial charge in [-0.2, -0.15) is 0 Å². The number of nitrogens with zero attached hydrogens (tertiary/aromatic N) is 1. The van der Waals surface area contributed by atoms with E-state index in [1.807, 2.05) is 75.4 Å². The first-order valence-corrected chi connectivity index (χ1v) is 9.19. The molecule has 3 rings (SSSR count). The third kappa shape index (κ3) is 4.88. The first kappa shape index (κ1) is 19.0. The predicted molar refractivity (Wildman–Crippen MR) is 104 cm³/mol. The molecule has 0 aliphatic carbocycles. The van der Waals surface area contributed by atoms with E-state index in [0.717, 1.165) is 16.7 Å². The highest BCUT2D eigenvalue weighted by Gasteiger charge is 2.36. The average Bonchev–Trinajstić information content (AvgIpc) is 2.64. The van der Waals surface area contributed by atoms with Gasteiger partial charge in [0.25, 0.3) is 0 Å². The van der Waals surface area contributed by atoms with Crippen LogP contribution in [0.1, 0.15) is 37.5 Å². The standard InChI is InChI=1S/C22H26N2O3/c1-22(2,3)23-20(25)19-13-17-11-7-8-12-18(17)14-24(19)21(26)27-15-16-9-5-4-6-10-16/h4-12,19H,13-15H2,1-3H3,(H,23,25)/t19-/m0/s1. The van der Waals surface area contributed by atoms with Crippen molar-refractivity contribution >= 4 is 12.0 Å². The molecule has 0 radical (unpaired) electrons. The van der Waals surface area contributed by atoms with Crippen LogP contribution in [0.5, 0.6) is 0 Å². The summed E-state index contributed by atoms with van der Waals surface area (Å²) in [6.45, 7) is 6.34. The minimum atomic E-state index is -0.581. The number of fused-ring (bicyclic) bond motifs is 1. The minimum absolute atomic E-state index is 0.159. The van der Waals surface area contributed by atoms with E-state index < -0.39 is 12.1 Å². The van der Waals surface area contributed by atoms with E-state index >= 15 is 0 Å². The molecule has 1 aliphatic heterocycles. The van der Waals surface area contributed by atoms with E-state index in [4.69, 9.17) is 4.74 Å². The van der Waals surface area contributed by atoms with Gasteiger partial charge in [0.15, 0.2) is 0 Å². The molecule has 1 N–H and O–H groups in total. The molecule has 27 heavy (non-hydrogen) atoms. The van der Waals surface area contributed by atoms with Crippen LogP contribution in [0, 0.1) is 0 Å². The number of carbonyl (C=O) groups excluding carboxylic acids is 2. The van der Waals surface area contributed by atoms with Crippen molar-refractivity contribution in [3.63, 3.8) is 0 Å². The Hall–Kier alpha value is -2.82. The van der Waals surface area contributed by atoms with Crippen molar-refractivity contribution in [2.75, 3.05) is 0 Å². The Bertz CT molecular complexity index is 812. The molecule has 0 saturated carbocycles. The molecule has 2 aromatic carbocycles. The topological polar surface area (TPSA) is 58.6 Å². The quantitative estimate of drug-likeness (QED) is 0.902. The number of hydrogen-bond acceptors (Lipinski definition) is 3. The van der Waals surface area contributed by atoms with E-state index in [9.17, 15) is 9.59 Å². The zero-order valence-corrected chi connectivity index (χ0v) is 16.1. The SMILES string of the molecule is CC(C)(C)NC(=O)[C@@H]1Cc2ccccc2CN1C(=O)OCc1ccccc1. The zero-order chi connectivity index (χ0) is 19.4. The van der Waals surface area contributed by atoms with Gasteiger partial charge in [-0.15, -0.1) is 0 Å². The van der Waals surface area contributed by atoms with Crippen molar-refractivity contribution in [1.82, 2.24) is 10.2 Å². The Labute approximate surface area is 160 Å². The number of ether oxygens (including phenoxy) is 1. The molecule has 0 saturated heterocycles. The first-order chi connectivity index (χ1) is 12.8. The van der Waals surface area contributed by atoms with Crippen molar-refractivity contribution in [3.05, 3.63) is 71.3 Å². The third-order valence-corrected chi connectivity index (χ3v) is 4.49. The van der Waals surface area contributed by atoms with Gasteiger partial charge in [0.05, 0.1) is 6.54 Å². The van der Waals surface area contributed by atoms with E-state index in [1.54, 1.807) is 0 Å². The number of benzene rings is 2. The highest BCUT2D eigenvalue weighted by atomic mass is 16.6. The van der Waals surface area contributed by atoms with Crippen LogP contribution in [0.15, 0.2) is 54.6 Å². The molecule has 0 spiro atoms. The van der Waals surface area contributed by atoms with Gasteiger partial charge >= 0.3 is 6.09 Å². The van der Waals surface area contributed by atoms with Gasteiger partial charge in [0.2, 0.25) is 5.91 Å². The van der Waals surface area contributed by atoms with Crippen molar-refractivity contribution < 1.29 is 14.3 Å². The van der Waals surface area contributed by atoms with Gasteiger partial charge in [0, 0.05) is 12.0 Å². The second-order valence-electron chi connectivity index (χ2n) is 7.90. The summed E-state index contributed by atoms with van der Waals surface area (Å²) < 4.78 is 5.50. The predicted octanol–water partition coefficient (Wildman–Crippen LogP) is 3.66. The summed E-state index contributed by atoms with van der Waals surface area (Å²) in [5, 5.41) is 2.99. The molecule has 5 heteroatoms. The Kier molecular flexibility index (Phi) is 5.49. The number of nitrogens with one attached hydrogen (secondary N) is 1. The molecule has 0 unspecified atom stereocenters. The highest BCUT2D eigenvalue weighted by molar-refractivity contribution is 5.87. The largest absolute Gasteiger partial charge is 0.445 e. The molecular formula is C22H26N2O3. The van der Waals surface area contributed by atoms with Crippen LogP contribution in [0.2, 0.25) is 0 Å². The van der Waals surface area contributed by atoms with Crippen molar-refractivity contribution in [2.45, 2.75) is 51.9 Å². The van der Waals surface area contributed by atoms with Gasteiger partial charge in [-0.25, -0.2) is 4.79 Å². The maximum atomic E-state index is 12.9. The Morgan fingerprint density at radius 1 is 1.04 bits per heavy atom. The lowest BCUT2D eigenvalue weighted by atomic mass is 9.93. The van der Waals surface area contributed by atoms with Gasteiger partial charge in [-0.1, -0.05) is 54.6 Å². The summed E-state index contributed by atoms with van der Waals surface area (Å²) in [6, 6.07) is 16.9. The fourth-order valence-electron chi connectivity index (χ4n) is 3.20. The van der Waals surface area contributed by atoms with Gasteiger partial charge in [0.1, 0.15) is 12.6 Å². The number of hydrogen-bond donors (Lipinski definition) is 1. The van der Waals surface area contributed by atoms with Gasteiger partial charge < -0.3 is 10.1 Å². The molecule has 142 valence electrons. The molecular weight excluding hydrogens is 340 g/mol. The van der Waals surface area contributed by atoms with Crippen LogP contribution in [0.25, 0.3) is 0 Å². The highest BCUT2D eigenvalue weighted by Crippen LogP contribution is 2.25. The molecule has 5 nitrogen and oxygen atoms in total. The van der Waals surface area contributed by atoms with E-state index in [1.165, 1.54) is 4.90 Å². The van der Waals surface area contributed by atoms with Crippen molar-refractivity contribution in [3.8, 4) is 0 Å². The van der Waals surface area contributed by atoms with Crippen LogP contribution < -0.4 is 5.32 Å². The fourth-order valence-corrected chi connectivity index (χ4v) is 3.20. The van der Waals surface area contributed by atoms with Crippen LogP contribution in [0.3, 0.4) is 0 Å². The minimum Gasteiger partial charge on any atom is -0.445 e. The molecule has 1 heterocycles. The normalized spacial score (nSPS) is 16.4. The summed E-state index contributed by atoms with van der Waals surface area (Å²) in [5.41, 5.74) is 2.69. The number of carbonyl (C=O) groups is 2. The Morgan fingerprint density at radius 3 is 2.33 bits per heavy atom. The molecule has 0 fully saturated rings. The Balaban J connectivity index is 1.78. The average molecular weight is 366 g/mol. The van der Waals surface area contributed by atoms with Gasteiger partial charge in [-0.3, -0.25) is 9.69 Å². The first-order valence-electron chi connectivity index (χ1n) is 9.19. The van der Waals surface area contributed by atoms with Crippen LogP contribution in [-0.4, -0.2) is 28.5 Å². The van der Waals surface area contributed by atoms with Crippen molar-refractivity contribution in [1.29, 1.82) is 0 Å². The summed E-state index contributed by atoms with van der Waals surface area (Å²) in [6.07, 6.45) is 0.0147. The maximum absolute atomic E-state index is 12.9. The lowest BCUT2D eigenvalue weighted by Gasteiger charge is -2.36. The van der Waals surface area contributed by atoms with Crippen LogP contribution in [0.4, 0.5) is 4.79 Å². The fraction of sp³-hybridized carbons (Fsp3) is 0.364. The lowest BCUT2D eigenvalue weighted by molar-refractivity contribution is -0.128. The molecule has 1 aliphatic rings. The van der Waals surface area contributed by atoms with Crippen LogP contribution >= 0.6 is 0 Å². The smallest absolute Gasteiger partial charge is 0.411 e. The zero-order valence-electron chi connectivity index (χ0n) is 16.1. The summed E-state index contributed by atoms with van der Waals surface area (Å²) in [4.78, 5) is 27.2. The molecule has 0 bridgehead atoms. The van der Waals surface area contributed by atoms with E-state index in [2.05, 4.69) is 5.32 Å². The summed E-state index contributed by atoms with van der Waals surface area (Å²) in [7, 11) is 0. The molecule has 0 aromatic heterocycles. The molecule has 2 aromatic rings. The summed E-state index contributed by atoms with van der Waals surface area (Å²) in [5.74, 6) is -0.159. The number of amides is 2. The lowest BCUT2D eigenvalue weighted by Crippen LogP contribution is -2.56. The van der Waals surface area contributed by atoms with Crippen molar-refractivity contribution in [2.24, 2.45) is 0 Å². The van der Waals surface area contributed by atoms with Crippen LogP contribution in [-0.2, 0) is 29.1 Å². The van der Waals surface area contributed by atoms with E-state index in [0.29, 0.717) is 13.0 Å². The van der Waals surface area contributed by atoms with E-state index in [-0.39, 0.29) is 18.1 Å². The molecule has 1 atom stereocenters. The molecule has 2 amide bonds. The Morgan fingerprint density at radius 2 is 1.67 bits per heavy atom. The second-order valence-corrected chi connectivity index (χ2v) is 7.90. The number of rotatable bonds is 3. The van der Waals surface area contributed by atoms with Gasteiger partial charge in [-0.05, 0) is 37.5 Å². The monoisotopic (exact) mass is 366 g/mol. The second kappa shape index (κ2) is 7.82.